The summed E-state index contributed by atoms with van der Waals surface area (Å²) in [5, 5.41) is 0. The molecule has 0 bridgehead atoms. The molecule has 0 aromatic heterocycles. The number of carbonyl (C=O) groups excluding carboxylic acids is 2. The quantitative estimate of drug-likeness (QED) is 0.819. The van der Waals surface area contributed by atoms with Gasteiger partial charge in [0.25, 0.3) is 5.91 Å². The molecule has 0 aliphatic carbocycles. The average molecular weight is 234 g/mol. The number of primary amides is 1. The molecule has 0 spiro atoms. The second kappa shape index (κ2) is 4.86. The summed E-state index contributed by atoms with van der Waals surface area (Å²) in [6, 6.07) is 6.41. The predicted octanol–water partition coefficient (Wildman–Crippen LogP) is 0.397. The zero-order chi connectivity index (χ0) is 12.3. The van der Waals surface area contributed by atoms with Gasteiger partial charge in [0.1, 0.15) is 5.75 Å². The number of amides is 2. The van der Waals surface area contributed by atoms with Crippen molar-refractivity contribution in [3.05, 3.63) is 29.8 Å². The Kier molecular flexibility index (Phi) is 3.27. The highest BCUT2D eigenvalue weighted by Crippen LogP contribution is 2.13. The maximum absolute atomic E-state index is 11.5. The second-order valence-electron chi connectivity index (χ2n) is 3.91. The van der Waals surface area contributed by atoms with E-state index in [0.717, 1.165) is 19.5 Å². The largest absolute Gasteiger partial charge is 0.484 e. The highest BCUT2D eigenvalue weighted by Gasteiger charge is 2.20. The molecule has 1 aliphatic rings. The first kappa shape index (κ1) is 11.4. The van der Waals surface area contributed by atoms with Gasteiger partial charge in [-0.05, 0) is 30.7 Å². The summed E-state index contributed by atoms with van der Waals surface area (Å²) in [4.78, 5) is 24.1. The summed E-state index contributed by atoms with van der Waals surface area (Å²) in [6.07, 6.45) is 1.07. The second-order valence-corrected chi connectivity index (χ2v) is 3.91. The SMILES string of the molecule is NC(=O)c1ccc(OCC(=O)N2CCC2)cc1. The molecule has 1 aromatic rings. The summed E-state index contributed by atoms with van der Waals surface area (Å²) in [6.45, 7) is 1.68. The first-order valence-electron chi connectivity index (χ1n) is 5.47. The van der Waals surface area contributed by atoms with Gasteiger partial charge in [0.05, 0.1) is 0 Å². The molecule has 1 saturated heterocycles. The minimum absolute atomic E-state index is 0.00442. The van der Waals surface area contributed by atoms with E-state index in [4.69, 9.17) is 10.5 Å². The predicted molar refractivity (Wildman–Crippen MR) is 61.7 cm³/mol. The van der Waals surface area contributed by atoms with Gasteiger partial charge in [-0.25, -0.2) is 0 Å². The summed E-state index contributed by atoms with van der Waals surface area (Å²) in [5.41, 5.74) is 5.53. The van der Waals surface area contributed by atoms with Crippen molar-refractivity contribution in [1.29, 1.82) is 0 Å². The van der Waals surface area contributed by atoms with E-state index in [1.54, 1.807) is 29.2 Å². The average Bonchev–Trinajstić information content (AvgIpc) is 2.24. The lowest BCUT2D eigenvalue weighted by atomic mass is 10.2. The lowest BCUT2D eigenvalue weighted by Gasteiger charge is -2.30. The van der Waals surface area contributed by atoms with Crippen LogP contribution in [0.3, 0.4) is 0 Å². The molecule has 1 aliphatic heterocycles. The van der Waals surface area contributed by atoms with Crippen LogP contribution in [-0.2, 0) is 4.79 Å². The topological polar surface area (TPSA) is 72.6 Å². The molecule has 1 heterocycles. The Morgan fingerprint density at radius 3 is 2.35 bits per heavy atom. The van der Waals surface area contributed by atoms with Gasteiger partial charge in [0.2, 0.25) is 5.91 Å². The van der Waals surface area contributed by atoms with E-state index in [2.05, 4.69) is 0 Å². The van der Waals surface area contributed by atoms with Crippen molar-refractivity contribution in [2.75, 3.05) is 19.7 Å². The number of likely N-dealkylation sites (tertiary alicyclic amines) is 1. The lowest BCUT2D eigenvalue weighted by Crippen LogP contribution is -2.44. The fourth-order valence-electron chi connectivity index (χ4n) is 1.52. The normalized spacial score (nSPS) is 14.0. The van der Waals surface area contributed by atoms with Crippen LogP contribution in [0.15, 0.2) is 24.3 Å². The molecule has 2 N–H and O–H groups in total. The first-order chi connectivity index (χ1) is 8.16. The minimum atomic E-state index is -0.479. The maximum atomic E-state index is 11.5. The number of nitrogens with two attached hydrogens (primary N) is 1. The smallest absolute Gasteiger partial charge is 0.260 e. The molecule has 5 heteroatoms. The van der Waals surface area contributed by atoms with Crippen LogP contribution in [0.2, 0.25) is 0 Å². The molecule has 2 rings (SSSR count). The van der Waals surface area contributed by atoms with E-state index < -0.39 is 5.91 Å². The Balaban J connectivity index is 1.86. The van der Waals surface area contributed by atoms with Crippen molar-refractivity contribution in [3.63, 3.8) is 0 Å². The van der Waals surface area contributed by atoms with Gasteiger partial charge in [-0.1, -0.05) is 0 Å². The Labute approximate surface area is 99.2 Å². The minimum Gasteiger partial charge on any atom is -0.484 e. The van der Waals surface area contributed by atoms with E-state index in [1.165, 1.54) is 0 Å². The summed E-state index contributed by atoms with van der Waals surface area (Å²) in [5.74, 6) is 0.0762. The van der Waals surface area contributed by atoms with Crippen LogP contribution in [0.5, 0.6) is 5.75 Å². The molecule has 1 aromatic carbocycles. The molecule has 0 saturated carbocycles. The maximum Gasteiger partial charge on any atom is 0.260 e. The number of hydrogen-bond acceptors (Lipinski definition) is 3. The van der Waals surface area contributed by atoms with Crippen LogP contribution in [0, 0.1) is 0 Å². The summed E-state index contributed by atoms with van der Waals surface area (Å²) < 4.78 is 5.32. The number of hydrogen-bond donors (Lipinski definition) is 1. The number of benzene rings is 1. The Hall–Kier alpha value is -2.04. The molecule has 17 heavy (non-hydrogen) atoms. The molecule has 90 valence electrons. The van der Waals surface area contributed by atoms with Gasteiger partial charge in [-0.15, -0.1) is 0 Å². The van der Waals surface area contributed by atoms with Gasteiger partial charge in [0.15, 0.2) is 6.61 Å². The Morgan fingerprint density at radius 2 is 1.88 bits per heavy atom. The zero-order valence-electron chi connectivity index (χ0n) is 9.39. The van der Waals surface area contributed by atoms with Crippen LogP contribution in [0.25, 0.3) is 0 Å². The van der Waals surface area contributed by atoms with Crippen molar-refractivity contribution in [1.82, 2.24) is 4.90 Å². The molecular formula is C12H14N2O3. The summed E-state index contributed by atoms with van der Waals surface area (Å²) in [7, 11) is 0. The van der Waals surface area contributed by atoms with E-state index in [1.807, 2.05) is 0 Å². The molecule has 0 radical (unpaired) electrons. The molecule has 0 atom stereocenters. The van der Waals surface area contributed by atoms with Gasteiger partial charge in [0, 0.05) is 18.7 Å². The molecular weight excluding hydrogens is 220 g/mol. The summed E-state index contributed by atoms with van der Waals surface area (Å²) >= 11 is 0. The van der Waals surface area contributed by atoms with Crippen molar-refractivity contribution < 1.29 is 14.3 Å². The van der Waals surface area contributed by atoms with Crippen LogP contribution in [-0.4, -0.2) is 36.4 Å². The third-order valence-electron chi connectivity index (χ3n) is 2.71. The highest BCUT2D eigenvalue weighted by molar-refractivity contribution is 5.92. The highest BCUT2D eigenvalue weighted by atomic mass is 16.5. The van der Waals surface area contributed by atoms with Crippen LogP contribution >= 0.6 is 0 Å². The fraction of sp³-hybridized carbons (Fsp3) is 0.333. The number of carbonyl (C=O) groups is 2. The zero-order valence-corrected chi connectivity index (χ0v) is 9.39. The van der Waals surface area contributed by atoms with Crippen LogP contribution in [0.1, 0.15) is 16.8 Å². The van der Waals surface area contributed by atoms with Gasteiger partial charge in [-0.3, -0.25) is 9.59 Å². The van der Waals surface area contributed by atoms with Gasteiger partial charge >= 0.3 is 0 Å². The van der Waals surface area contributed by atoms with Crippen LogP contribution < -0.4 is 10.5 Å². The molecule has 1 fully saturated rings. The fourth-order valence-corrected chi connectivity index (χ4v) is 1.52. The van der Waals surface area contributed by atoms with Crippen molar-refractivity contribution in [2.24, 2.45) is 5.73 Å². The molecule has 2 amide bonds. The first-order valence-corrected chi connectivity index (χ1v) is 5.47. The Morgan fingerprint density at radius 1 is 1.24 bits per heavy atom. The number of nitrogens with zero attached hydrogens (tertiary/aromatic N) is 1. The van der Waals surface area contributed by atoms with E-state index in [9.17, 15) is 9.59 Å². The molecule has 0 unspecified atom stereocenters. The monoisotopic (exact) mass is 234 g/mol. The van der Waals surface area contributed by atoms with E-state index in [-0.39, 0.29) is 12.5 Å². The van der Waals surface area contributed by atoms with Crippen molar-refractivity contribution in [3.8, 4) is 5.75 Å². The van der Waals surface area contributed by atoms with Crippen LogP contribution in [0.4, 0.5) is 0 Å². The van der Waals surface area contributed by atoms with E-state index >= 15 is 0 Å². The molecule has 5 nitrogen and oxygen atoms in total. The lowest BCUT2D eigenvalue weighted by molar-refractivity contribution is -0.136. The third kappa shape index (κ3) is 2.75. The number of rotatable bonds is 4. The van der Waals surface area contributed by atoms with E-state index in [0.29, 0.717) is 11.3 Å². The van der Waals surface area contributed by atoms with Crippen molar-refractivity contribution >= 4 is 11.8 Å². The van der Waals surface area contributed by atoms with Gasteiger partial charge in [-0.2, -0.15) is 0 Å². The van der Waals surface area contributed by atoms with Gasteiger partial charge < -0.3 is 15.4 Å². The number of ether oxygens (including phenoxy) is 1. The standard InChI is InChI=1S/C12H14N2O3/c13-12(16)9-2-4-10(5-3-9)17-8-11(15)14-6-1-7-14/h2-5H,1,6-8H2,(H2,13,16). The Bertz CT molecular complexity index is 424. The van der Waals surface area contributed by atoms with Crippen molar-refractivity contribution in [2.45, 2.75) is 6.42 Å². The third-order valence-corrected chi connectivity index (χ3v) is 2.71.